The Labute approximate surface area is 109 Å². The van der Waals surface area contributed by atoms with E-state index in [0.717, 1.165) is 28.7 Å². The highest BCUT2D eigenvalue weighted by molar-refractivity contribution is 9.10. The first kappa shape index (κ1) is 12.3. The van der Waals surface area contributed by atoms with Crippen LogP contribution in [0.4, 0.5) is 0 Å². The van der Waals surface area contributed by atoms with Crippen LogP contribution < -0.4 is 0 Å². The minimum atomic E-state index is -0.614. The number of halogens is 1. The Balaban J connectivity index is 2.26. The number of benzene rings is 1. The molecule has 2 rings (SSSR count). The van der Waals surface area contributed by atoms with Crippen molar-refractivity contribution < 1.29 is 5.11 Å². The Morgan fingerprint density at radius 2 is 2.00 bits per heavy atom. The van der Waals surface area contributed by atoms with Crippen molar-refractivity contribution in [3.8, 4) is 0 Å². The Morgan fingerprint density at radius 3 is 2.65 bits per heavy atom. The van der Waals surface area contributed by atoms with Gasteiger partial charge in [-0.25, -0.2) is 0 Å². The van der Waals surface area contributed by atoms with Gasteiger partial charge in [0.1, 0.15) is 6.10 Å². The molecule has 0 bridgehead atoms. The smallest absolute Gasteiger partial charge is 0.121 e. The second kappa shape index (κ2) is 5.47. The third kappa shape index (κ3) is 2.76. The molecule has 4 heteroatoms. The number of nitrogens with zero attached hydrogens (tertiary/aromatic N) is 2. The molecule has 1 heterocycles. The van der Waals surface area contributed by atoms with Crippen molar-refractivity contribution in [2.75, 3.05) is 0 Å². The van der Waals surface area contributed by atoms with Crippen molar-refractivity contribution >= 4 is 15.9 Å². The molecule has 0 radical (unpaired) electrons. The number of aromatic nitrogens is 2. The van der Waals surface area contributed by atoms with E-state index in [1.165, 1.54) is 0 Å². The summed E-state index contributed by atoms with van der Waals surface area (Å²) in [6.07, 6.45) is 2.12. The van der Waals surface area contributed by atoms with Gasteiger partial charge in [0, 0.05) is 17.2 Å². The molecule has 0 saturated carbocycles. The van der Waals surface area contributed by atoms with Crippen LogP contribution >= 0.6 is 15.9 Å². The van der Waals surface area contributed by atoms with Gasteiger partial charge in [-0.05, 0) is 30.2 Å². The Morgan fingerprint density at radius 1 is 1.29 bits per heavy atom. The monoisotopic (exact) mass is 294 g/mol. The zero-order valence-corrected chi connectivity index (χ0v) is 11.3. The molecule has 1 aromatic carbocycles. The van der Waals surface area contributed by atoms with Crippen LogP contribution in [0.1, 0.15) is 30.7 Å². The predicted molar refractivity (Wildman–Crippen MR) is 70.7 cm³/mol. The van der Waals surface area contributed by atoms with Crippen LogP contribution in [-0.2, 0) is 6.54 Å². The van der Waals surface area contributed by atoms with E-state index < -0.39 is 6.10 Å². The summed E-state index contributed by atoms with van der Waals surface area (Å²) in [7, 11) is 0. The maximum Gasteiger partial charge on any atom is 0.121 e. The first-order chi connectivity index (χ1) is 8.22. The van der Waals surface area contributed by atoms with E-state index in [1.54, 1.807) is 6.20 Å². The molecule has 0 spiro atoms. The van der Waals surface area contributed by atoms with Gasteiger partial charge in [-0.2, -0.15) is 5.10 Å². The third-order valence-electron chi connectivity index (χ3n) is 2.65. The summed E-state index contributed by atoms with van der Waals surface area (Å²) in [5.74, 6) is 0. The summed E-state index contributed by atoms with van der Waals surface area (Å²) >= 11 is 3.38. The Bertz CT molecular complexity index is 478. The van der Waals surface area contributed by atoms with Crippen LogP contribution in [0.5, 0.6) is 0 Å². The quantitative estimate of drug-likeness (QED) is 0.941. The van der Waals surface area contributed by atoms with E-state index in [1.807, 2.05) is 35.0 Å². The van der Waals surface area contributed by atoms with Crippen molar-refractivity contribution in [1.29, 1.82) is 0 Å². The van der Waals surface area contributed by atoms with E-state index in [9.17, 15) is 5.11 Å². The van der Waals surface area contributed by atoms with Crippen molar-refractivity contribution in [2.45, 2.75) is 26.0 Å². The molecular weight excluding hydrogens is 280 g/mol. The van der Waals surface area contributed by atoms with Crippen LogP contribution in [-0.4, -0.2) is 14.9 Å². The number of aliphatic hydroxyl groups is 1. The standard InChI is InChI=1S/C13H15BrN2O/c1-2-9-16-12(7-8-15-16)13(17)10-3-5-11(14)6-4-10/h3-8,13,17H,2,9H2,1H3. The zero-order chi connectivity index (χ0) is 12.3. The van der Waals surface area contributed by atoms with E-state index >= 15 is 0 Å². The fourth-order valence-corrected chi connectivity index (χ4v) is 2.05. The van der Waals surface area contributed by atoms with Crippen molar-refractivity contribution in [1.82, 2.24) is 9.78 Å². The van der Waals surface area contributed by atoms with Gasteiger partial charge >= 0.3 is 0 Å². The Kier molecular flexibility index (Phi) is 3.97. The van der Waals surface area contributed by atoms with Crippen LogP contribution in [0.15, 0.2) is 41.0 Å². The third-order valence-corrected chi connectivity index (χ3v) is 3.18. The van der Waals surface area contributed by atoms with E-state index in [2.05, 4.69) is 28.0 Å². The van der Waals surface area contributed by atoms with Gasteiger partial charge in [-0.3, -0.25) is 4.68 Å². The van der Waals surface area contributed by atoms with Crippen molar-refractivity contribution in [3.63, 3.8) is 0 Å². The molecule has 0 saturated heterocycles. The van der Waals surface area contributed by atoms with Crippen LogP contribution in [0.25, 0.3) is 0 Å². The summed E-state index contributed by atoms with van der Waals surface area (Å²) < 4.78 is 2.86. The highest BCUT2D eigenvalue weighted by Crippen LogP contribution is 2.23. The second-order valence-corrected chi connectivity index (χ2v) is 4.85. The van der Waals surface area contributed by atoms with Crippen molar-refractivity contribution in [3.05, 3.63) is 52.3 Å². The van der Waals surface area contributed by atoms with Gasteiger partial charge in [0.25, 0.3) is 0 Å². The Hall–Kier alpha value is -1.13. The summed E-state index contributed by atoms with van der Waals surface area (Å²) in [6, 6.07) is 9.55. The average Bonchev–Trinajstić information content (AvgIpc) is 2.78. The highest BCUT2D eigenvalue weighted by Gasteiger charge is 2.14. The van der Waals surface area contributed by atoms with Gasteiger partial charge in [0.05, 0.1) is 5.69 Å². The lowest BCUT2D eigenvalue weighted by atomic mass is 10.1. The highest BCUT2D eigenvalue weighted by atomic mass is 79.9. The van der Waals surface area contributed by atoms with Gasteiger partial charge in [0.15, 0.2) is 0 Å². The number of aliphatic hydroxyl groups excluding tert-OH is 1. The molecular formula is C13H15BrN2O. The van der Waals surface area contributed by atoms with Gasteiger partial charge in [-0.1, -0.05) is 35.0 Å². The lowest BCUT2D eigenvalue weighted by molar-refractivity contribution is 0.207. The topological polar surface area (TPSA) is 38.0 Å². The molecule has 1 atom stereocenters. The summed E-state index contributed by atoms with van der Waals surface area (Å²) in [5.41, 5.74) is 1.72. The van der Waals surface area contributed by atoms with Gasteiger partial charge in [-0.15, -0.1) is 0 Å². The molecule has 0 amide bonds. The normalized spacial score (nSPS) is 12.6. The van der Waals surface area contributed by atoms with Gasteiger partial charge in [0.2, 0.25) is 0 Å². The molecule has 90 valence electrons. The minimum absolute atomic E-state index is 0.614. The lowest BCUT2D eigenvalue weighted by Gasteiger charge is -2.13. The number of aryl methyl sites for hydroxylation is 1. The van der Waals surface area contributed by atoms with Crippen LogP contribution in [0.3, 0.4) is 0 Å². The predicted octanol–water partition coefficient (Wildman–Crippen LogP) is 3.14. The minimum Gasteiger partial charge on any atom is -0.382 e. The van der Waals surface area contributed by atoms with Crippen LogP contribution in [0.2, 0.25) is 0 Å². The molecule has 3 nitrogen and oxygen atoms in total. The zero-order valence-electron chi connectivity index (χ0n) is 9.68. The maximum absolute atomic E-state index is 10.3. The van der Waals surface area contributed by atoms with Crippen molar-refractivity contribution in [2.24, 2.45) is 0 Å². The first-order valence-corrected chi connectivity index (χ1v) is 6.47. The van der Waals surface area contributed by atoms with Gasteiger partial charge < -0.3 is 5.11 Å². The molecule has 0 fully saturated rings. The fraction of sp³-hybridized carbons (Fsp3) is 0.308. The maximum atomic E-state index is 10.3. The largest absolute Gasteiger partial charge is 0.382 e. The van der Waals surface area contributed by atoms with E-state index in [0.29, 0.717) is 0 Å². The van der Waals surface area contributed by atoms with E-state index in [-0.39, 0.29) is 0 Å². The molecule has 1 unspecified atom stereocenters. The molecule has 1 aromatic heterocycles. The molecule has 0 aliphatic carbocycles. The lowest BCUT2D eigenvalue weighted by Crippen LogP contribution is -2.09. The SMILES string of the molecule is CCCn1nccc1C(O)c1ccc(Br)cc1. The number of hydrogen-bond donors (Lipinski definition) is 1. The first-order valence-electron chi connectivity index (χ1n) is 5.67. The van der Waals surface area contributed by atoms with E-state index in [4.69, 9.17) is 0 Å². The average molecular weight is 295 g/mol. The summed E-state index contributed by atoms with van der Waals surface area (Å²) in [4.78, 5) is 0. The van der Waals surface area contributed by atoms with Crippen LogP contribution in [0, 0.1) is 0 Å². The number of hydrogen-bond acceptors (Lipinski definition) is 2. The number of rotatable bonds is 4. The molecule has 1 N–H and O–H groups in total. The summed E-state index contributed by atoms with van der Waals surface area (Å²) in [6.45, 7) is 2.92. The second-order valence-electron chi connectivity index (χ2n) is 3.93. The molecule has 0 aliphatic heterocycles. The molecule has 0 aliphatic rings. The fourth-order valence-electron chi connectivity index (χ4n) is 1.79. The molecule has 2 aromatic rings. The molecule has 17 heavy (non-hydrogen) atoms. The summed E-state index contributed by atoms with van der Waals surface area (Å²) in [5, 5.41) is 14.5.